The molecule has 1 heterocycles. The fourth-order valence-corrected chi connectivity index (χ4v) is 0.677. The largest absolute Gasteiger partial charge is 0.366 e. The standard InChI is InChI=1S/C5H7F2N/c1-2-8-3-5(6,7)4-8/h2H,1,3-4H2. The first-order valence-corrected chi connectivity index (χ1v) is 2.38. The Labute approximate surface area is 46.6 Å². The van der Waals surface area contributed by atoms with E-state index in [2.05, 4.69) is 6.58 Å². The van der Waals surface area contributed by atoms with Gasteiger partial charge in [-0.3, -0.25) is 0 Å². The summed E-state index contributed by atoms with van der Waals surface area (Å²) in [5.74, 6) is -2.45. The molecule has 0 aromatic heterocycles. The third-order valence-electron chi connectivity index (χ3n) is 1.13. The molecule has 3 heteroatoms. The third-order valence-corrected chi connectivity index (χ3v) is 1.13. The van der Waals surface area contributed by atoms with Gasteiger partial charge in [-0.1, -0.05) is 6.58 Å². The number of nitrogens with zero attached hydrogens (tertiary/aromatic N) is 1. The Hall–Kier alpha value is -0.600. The van der Waals surface area contributed by atoms with Gasteiger partial charge in [-0.25, -0.2) is 8.78 Å². The second-order valence-corrected chi connectivity index (χ2v) is 1.94. The average molecular weight is 119 g/mol. The van der Waals surface area contributed by atoms with Crippen LogP contribution in [0.4, 0.5) is 8.78 Å². The minimum atomic E-state index is -2.45. The maximum atomic E-state index is 11.9. The molecule has 0 amide bonds. The van der Waals surface area contributed by atoms with Gasteiger partial charge < -0.3 is 4.90 Å². The quantitative estimate of drug-likeness (QED) is 0.499. The predicted molar refractivity (Wildman–Crippen MR) is 26.7 cm³/mol. The SMILES string of the molecule is C=CN1CC(F)(F)C1. The minimum absolute atomic E-state index is 0.156. The molecule has 0 aromatic rings. The number of hydrogen-bond donors (Lipinski definition) is 0. The summed E-state index contributed by atoms with van der Waals surface area (Å²) < 4.78 is 23.8. The lowest BCUT2D eigenvalue weighted by atomic mass is 10.2. The highest BCUT2D eigenvalue weighted by molar-refractivity contribution is 4.91. The number of rotatable bonds is 1. The number of halogens is 2. The molecular formula is C5H7F2N. The zero-order valence-electron chi connectivity index (χ0n) is 4.40. The lowest BCUT2D eigenvalue weighted by molar-refractivity contribution is -0.110. The van der Waals surface area contributed by atoms with Crippen molar-refractivity contribution >= 4 is 0 Å². The van der Waals surface area contributed by atoms with Gasteiger partial charge in [-0.15, -0.1) is 0 Å². The van der Waals surface area contributed by atoms with E-state index in [1.807, 2.05) is 0 Å². The lowest BCUT2D eigenvalue weighted by Crippen LogP contribution is -2.53. The first-order valence-electron chi connectivity index (χ1n) is 2.38. The maximum absolute atomic E-state index is 11.9. The fraction of sp³-hybridized carbons (Fsp3) is 0.600. The molecule has 1 aliphatic heterocycles. The lowest BCUT2D eigenvalue weighted by Gasteiger charge is -2.37. The van der Waals surface area contributed by atoms with E-state index in [-0.39, 0.29) is 13.1 Å². The Morgan fingerprint density at radius 3 is 2.12 bits per heavy atom. The molecule has 1 nitrogen and oxygen atoms in total. The van der Waals surface area contributed by atoms with Crippen LogP contribution in [0.15, 0.2) is 12.8 Å². The molecular weight excluding hydrogens is 112 g/mol. The van der Waals surface area contributed by atoms with Gasteiger partial charge in [0.2, 0.25) is 0 Å². The van der Waals surface area contributed by atoms with Crippen LogP contribution in [0.3, 0.4) is 0 Å². The van der Waals surface area contributed by atoms with E-state index in [9.17, 15) is 8.78 Å². The topological polar surface area (TPSA) is 3.24 Å². The van der Waals surface area contributed by atoms with Crippen molar-refractivity contribution in [2.24, 2.45) is 0 Å². The first kappa shape index (κ1) is 5.54. The number of hydrogen-bond acceptors (Lipinski definition) is 1. The highest BCUT2D eigenvalue weighted by Gasteiger charge is 2.41. The summed E-state index contributed by atoms with van der Waals surface area (Å²) in [4.78, 5) is 1.47. The van der Waals surface area contributed by atoms with Crippen LogP contribution < -0.4 is 0 Å². The molecule has 0 bridgehead atoms. The van der Waals surface area contributed by atoms with Crippen LogP contribution >= 0.6 is 0 Å². The molecule has 0 N–H and O–H groups in total. The highest BCUT2D eigenvalue weighted by atomic mass is 19.3. The fourth-order valence-electron chi connectivity index (χ4n) is 0.677. The Kier molecular flexibility index (Phi) is 0.994. The molecule has 1 rings (SSSR count). The molecule has 0 atom stereocenters. The van der Waals surface area contributed by atoms with Crippen molar-refractivity contribution in [3.8, 4) is 0 Å². The van der Waals surface area contributed by atoms with Crippen LogP contribution in [0.1, 0.15) is 0 Å². The predicted octanol–water partition coefficient (Wildman–Crippen LogP) is 1.08. The van der Waals surface area contributed by atoms with E-state index in [0.717, 1.165) is 0 Å². The molecule has 0 spiro atoms. The molecule has 46 valence electrons. The number of likely N-dealkylation sites (tertiary alicyclic amines) is 1. The van der Waals surface area contributed by atoms with Crippen molar-refractivity contribution in [2.45, 2.75) is 5.92 Å². The van der Waals surface area contributed by atoms with Crippen molar-refractivity contribution in [2.75, 3.05) is 13.1 Å². The van der Waals surface area contributed by atoms with E-state index in [1.165, 1.54) is 11.1 Å². The van der Waals surface area contributed by atoms with Gasteiger partial charge in [0.05, 0.1) is 13.1 Å². The summed E-state index contributed by atoms with van der Waals surface area (Å²) >= 11 is 0. The van der Waals surface area contributed by atoms with Crippen LogP contribution in [0.5, 0.6) is 0 Å². The summed E-state index contributed by atoms with van der Waals surface area (Å²) in [7, 11) is 0. The summed E-state index contributed by atoms with van der Waals surface area (Å²) in [6, 6.07) is 0. The molecule has 1 aliphatic rings. The highest BCUT2D eigenvalue weighted by Crippen LogP contribution is 2.25. The van der Waals surface area contributed by atoms with Crippen LogP contribution in [0, 0.1) is 0 Å². The molecule has 0 saturated carbocycles. The Bertz CT molecular complexity index is 103. The van der Waals surface area contributed by atoms with Gasteiger partial charge >= 0.3 is 0 Å². The molecule has 0 unspecified atom stereocenters. The van der Waals surface area contributed by atoms with E-state index in [0.29, 0.717) is 0 Å². The minimum Gasteiger partial charge on any atom is -0.366 e. The van der Waals surface area contributed by atoms with Crippen LogP contribution in [-0.2, 0) is 0 Å². The smallest absolute Gasteiger partial charge is 0.282 e. The van der Waals surface area contributed by atoms with Crippen molar-refractivity contribution < 1.29 is 8.78 Å². The Morgan fingerprint density at radius 1 is 1.50 bits per heavy atom. The average Bonchev–Trinajstić information content (AvgIpc) is 1.60. The van der Waals surface area contributed by atoms with Crippen LogP contribution in [0.25, 0.3) is 0 Å². The molecule has 0 radical (unpaired) electrons. The van der Waals surface area contributed by atoms with Crippen LogP contribution in [-0.4, -0.2) is 23.9 Å². The van der Waals surface area contributed by atoms with Gasteiger partial charge in [-0.2, -0.15) is 0 Å². The van der Waals surface area contributed by atoms with E-state index in [1.54, 1.807) is 0 Å². The Balaban J connectivity index is 2.31. The molecule has 8 heavy (non-hydrogen) atoms. The van der Waals surface area contributed by atoms with Gasteiger partial charge in [0, 0.05) is 0 Å². The normalized spacial score (nSPS) is 24.5. The van der Waals surface area contributed by atoms with Crippen molar-refractivity contribution in [1.29, 1.82) is 0 Å². The van der Waals surface area contributed by atoms with Crippen LogP contribution in [0.2, 0.25) is 0 Å². The zero-order valence-corrected chi connectivity index (χ0v) is 4.40. The zero-order chi connectivity index (χ0) is 6.20. The van der Waals surface area contributed by atoms with Crippen molar-refractivity contribution in [3.63, 3.8) is 0 Å². The monoisotopic (exact) mass is 119 g/mol. The van der Waals surface area contributed by atoms with E-state index >= 15 is 0 Å². The summed E-state index contributed by atoms with van der Waals surface area (Å²) in [5, 5.41) is 0. The molecule has 0 aromatic carbocycles. The number of alkyl halides is 2. The second kappa shape index (κ2) is 1.44. The molecule has 1 fully saturated rings. The summed E-state index contributed by atoms with van der Waals surface area (Å²) in [6.45, 7) is 3.03. The summed E-state index contributed by atoms with van der Waals surface area (Å²) in [6.07, 6.45) is 1.43. The van der Waals surface area contributed by atoms with Gasteiger partial charge in [0.15, 0.2) is 0 Å². The van der Waals surface area contributed by atoms with Gasteiger partial charge in [0.1, 0.15) is 0 Å². The second-order valence-electron chi connectivity index (χ2n) is 1.94. The third kappa shape index (κ3) is 0.804. The molecule has 1 saturated heterocycles. The van der Waals surface area contributed by atoms with Gasteiger partial charge in [-0.05, 0) is 6.20 Å². The van der Waals surface area contributed by atoms with Gasteiger partial charge in [0.25, 0.3) is 5.92 Å². The molecule has 0 aliphatic carbocycles. The van der Waals surface area contributed by atoms with E-state index < -0.39 is 5.92 Å². The van der Waals surface area contributed by atoms with Crippen molar-refractivity contribution in [3.05, 3.63) is 12.8 Å². The van der Waals surface area contributed by atoms with E-state index in [4.69, 9.17) is 0 Å². The van der Waals surface area contributed by atoms with Crippen molar-refractivity contribution in [1.82, 2.24) is 4.90 Å². The Morgan fingerprint density at radius 2 is 2.00 bits per heavy atom. The maximum Gasteiger partial charge on any atom is 0.282 e. The summed E-state index contributed by atoms with van der Waals surface area (Å²) in [5.41, 5.74) is 0. The first-order chi connectivity index (χ1) is 3.64.